The van der Waals surface area contributed by atoms with Gasteiger partial charge in [-0.05, 0) is 0 Å². The number of aliphatic hydroxyl groups is 3. The Hall–Kier alpha value is -0.760. The number of guanidine groups is 1. The highest BCUT2D eigenvalue weighted by Gasteiger charge is 1.93. The molecule has 0 aromatic carbocycles. The van der Waals surface area contributed by atoms with Crippen LogP contribution in [0, 0.1) is 0 Å². The van der Waals surface area contributed by atoms with Gasteiger partial charge in [0.1, 0.15) is 6.10 Å². The molecule has 0 spiro atoms. The first-order chi connectivity index (χ1) is 5.08. The molecule has 0 amide bonds. The number of hydrogen-bond donors (Lipinski definition) is 6. The van der Waals surface area contributed by atoms with E-state index < -0.39 is 6.10 Å². The Labute approximate surface area is 76.3 Å². The topological polar surface area (TPSA) is 151 Å². The van der Waals surface area contributed by atoms with Crippen molar-refractivity contribution in [3.8, 4) is 0 Å². The number of hydrazone groups is 1. The van der Waals surface area contributed by atoms with E-state index in [2.05, 4.69) is 10.9 Å². The third kappa shape index (κ3) is 22.8. The molecule has 0 aliphatic heterocycles. The maximum Gasteiger partial charge on any atom is 0.208 e. The van der Waals surface area contributed by atoms with Crippen molar-refractivity contribution >= 4 is 18.4 Å². The van der Waals surface area contributed by atoms with Crippen molar-refractivity contribution in [1.29, 1.82) is 0 Å². The highest BCUT2D eigenvalue weighted by atomic mass is 35.5. The predicted octanol–water partition coefficient (Wildman–Crippen LogP) is -3.11. The molecule has 0 unspecified atom stereocenters. The minimum absolute atomic E-state index is 0. The monoisotopic (exact) mass is 202 g/mol. The molecule has 0 aromatic heterocycles. The lowest BCUT2D eigenvalue weighted by atomic mass is 10.4. The predicted molar refractivity (Wildman–Crippen MR) is 47.4 cm³/mol. The normalized spacial score (nSPS) is 7.67. The minimum Gasteiger partial charge on any atom is -0.394 e. The van der Waals surface area contributed by atoms with Crippen LogP contribution < -0.4 is 17.3 Å². The fourth-order valence-corrected chi connectivity index (χ4v) is 0.0577. The molecular weight excluding hydrogens is 188 g/mol. The molecule has 76 valence electrons. The first-order valence-electron chi connectivity index (χ1n) is 2.77. The number of rotatable bonds is 2. The Morgan fingerprint density at radius 3 is 1.50 bits per heavy atom. The number of nitrogens with two attached hydrogens (primary N) is 3. The highest BCUT2D eigenvalue weighted by Crippen LogP contribution is 1.71. The summed E-state index contributed by atoms with van der Waals surface area (Å²) in [5, 5.41) is 26.9. The van der Waals surface area contributed by atoms with Gasteiger partial charge in [-0.15, -0.1) is 17.5 Å². The molecule has 8 heteroatoms. The SMILES string of the molecule is Cl.NN=C(N)N.OCC(O)CO. The maximum atomic E-state index is 8.17. The largest absolute Gasteiger partial charge is 0.394 e. The summed E-state index contributed by atoms with van der Waals surface area (Å²) in [5.41, 5.74) is 9.39. The van der Waals surface area contributed by atoms with Crippen molar-refractivity contribution in [1.82, 2.24) is 0 Å². The lowest BCUT2D eigenvalue weighted by Crippen LogP contribution is -2.23. The molecule has 0 radical (unpaired) electrons. The molecule has 0 aliphatic carbocycles. The van der Waals surface area contributed by atoms with Crippen molar-refractivity contribution in [3.63, 3.8) is 0 Å². The summed E-state index contributed by atoms with van der Waals surface area (Å²) in [6, 6.07) is 0. The van der Waals surface area contributed by atoms with Crippen LogP contribution in [0.1, 0.15) is 0 Å². The van der Waals surface area contributed by atoms with E-state index in [1.807, 2.05) is 0 Å². The Bertz CT molecular complexity index is 104. The molecule has 0 aliphatic rings. The Morgan fingerprint density at radius 2 is 1.50 bits per heavy atom. The summed E-state index contributed by atoms with van der Waals surface area (Å²) in [4.78, 5) is 0. The molecule has 0 saturated heterocycles. The Balaban J connectivity index is -0.000000126. The van der Waals surface area contributed by atoms with Gasteiger partial charge in [-0.3, -0.25) is 0 Å². The summed E-state index contributed by atoms with van der Waals surface area (Å²) >= 11 is 0. The molecule has 0 saturated carbocycles. The van der Waals surface area contributed by atoms with Gasteiger partial charge in [0.2, 0.25) is 5.96 Å². The third-order valence-electron chi connectivity index (χ3n) is 0.571. The van der Waals surface area contributed by atoms with Gasteiger partial charge in [0.05, 0.1) is 13.2 Å². The molecule has 0 rings (SSSR count). The highest BCUT2D eigenvalue weighted by molar-refractivity contribution is 5.85. The zero-order chi connectivity index (χ0) is 9.28. The van der Waals surface area contributed by atoms with Crippen LogP contribution in [0.2, 0.25) is 0 Å². The van der Waals surface area contributed by atoms with E-state index >= 15 is 0 Å². The molecule has 7 nitrogen and oxygen atoms in total. The molecule has 0 fully saturated rings. The second-order valence-corrected chi connectivity index (χ2v) is 1.57. The van der Waals surface area contributed by atoms with Crippen molar-refractivity contribution in [2.24, 2.45) is 22.4 Å². The fourth-order valence-electron chi connectivity index (χ4n) is 0.0577. The maximum absolute atomic E-state index is 8.17. The van der Waals surface area contributed by atoms with Crippen molar-refractivity contribution < 1.29 is 15.3 Å². The number of halogens is 1. The number of aliphatic hydroxyl groups excluding tert-OH is 3. The van der Waals surface area contributed by atoms with Gasteiger partial charge < -0.3 is 32.6 Å². The lowest BCUT2D eigenvalue weighted by Gasteiger charge is -1.96. The zero-order valence-electron chi connectivity index (χ0n) is 6.42. The quantitative estimate of drug-likeness (QED) is 0.121. The summed E-state index contributed by atoms with van der Waals surface area (Å²) in [6.45, 7) is -0.729. The molecular formula is C4H15ClN4O3. The average Bonchev–Trinajstić information content (AvgIpc) is 2.04. The second-order valence-electron chi connectivity index (χ2n) is 1.57. The van der Waals surface area contributed by atoms with Gasteiger partial charge in [0, 0.05) is 0 Å². The molecule has 9 N–H and O–H groups in total. The number of hydrogen-bond acceptors (Lipinski definition) is 5. The van der Waals surface area contributed by atoms with Crippen LogP contribution in [0.4, 0.5) is 0 Å². The van der Waals surface area contributed by atoms with Crippen molar-refractivity contribution in [2.75, 3.05) is 13.2 Å². The van der Waals surface area contributed by atoms with E-state index in [0.717, 1.165) is 0 Å². The van der Waals surface area contributed by atoms with Crippen LogP contribution in [0.5, 0.6) is 0 Å². The van der Waals surface area contributed by atoms with Gasteiger partial charge in [-0.25, -0.2) is 0 Å². The Kier molecular flexibility index (Phi) is 18.6. The molecule has 0 heterocycles. The van der Waals surface area contributed by atoms with Crippen LogP contribution >= 0.6 is 12.4 Å². The van der Waals surface area contributed by atoms with Gasteiger partial charge in [0.15, 0.2) is 0 Å². The van der Waals surface area contributed by atoms with Crippen LogP contribution in [0.15, 0.2) is 5.10 Å². The molecule has 12 heavy (non-hydrogen) atoms. The van der Waals surface area contributed by atoms with E-state index in [-0.39, 0.29) is 31.6 Å². The average molecular weight is 203 g/mol. The van der Waals surface area contributed by atoms with Crippen LogP contribution in [0.3, 0.4) is 0 Å². The summed E-state index contributed by atoms with van der Waals surface area (Å²) < 4.78 is 0. The van der Waals surface area contributed by atoms with Crippen LogP contribution in [-0.4, -0.2) is 40.6 Å². The third-order valence-corrected chi connectivity index (χ3v) is 0.571. The van der Waals surface area contributed by atoms with Crippen LogP contribution in [-0.2, 0) is 0 Å². The summed E-state index contributed by atoms with van der Waals surface area (Å²) in [7, 11) is 0. The van der Waals surface area contributed by atoms with Gasteiger partial charge in [-0.1, -0.05) is 0 Å². The standard InChI is InChI=1S/C3H8O3.CH6N4.ClH/c4-1-3(6)2-5;2-1(3)5-4;/h3-6H,1-2H2;4H2,(H4,2,3,5);1H. The van der Waals surface area contributed by atoms with E-state index in [0.29, 0.717) is 0 Å². The zero-order valence-corrected chi connectivity index (χ0v) is 7.24. The van der Waals surface area contributed by atoms with E-state index in [1.54, 1.807) is 0 Å². The van der Waals surface area contributed by atoms with E-state index in [9.17, 15) is 0 Å². The smallest absolute Gasteiger partial charge is 0.208 e. The van der Waals surface area contributed by atoms with Crippen molar-refractivity contribution in [3.05, 3.63) is 0 Å². The van der Waals surface area contributed by atoms with Crippen LogP contribution in [0.25, 0.3) is 0 Å². The summed E-state index contributed by atoms with van der Waals surface area (Å²) in [6.07, 6.45) is -0.954. The molecule has 0 atom stereocenters. The first-order valence-corrected chi connectivity index (χ1v) is 2.77. The van der Waals surface area contributed by atoms with Gasteiger partial charge >= 0.3 is 0 Å². The van der Waals surface area contributed by atoms with E-state index in [1.165, 1.54) is 0 Å². The molecule has 0 aromatic rings. The number of nitrogens with zero attached hydrogens (tertiary/aromatic N) is 1. The molecule has 0 bridgehead atoms. The first kappa shape index (κ1) is 17.4. The summed E-state index contributed by atoms with van der Waals surface area (Å²) in [5.74, 6) is 4.42. The fraction of sp³-hybridized carbons (Fsp3) is 0.750. The second kappa shape index (κ2) is 12.9. The minimum atomic E-state index is -0.954. The lowest BCUT2D eigenvalue weighted by molar-refractivity contribution is 0.0450. The van der Waals surface area contributed by atoms with Gasteiger partial charge in [0.25, 0.3) is 0 Å². The van der Waals surface area contributed by atoms with Gasteiger partial charge in [-0.2, -0.15) is 0 Å². The Morgan fingerprint density at radius 1 is 1.25 bits per heavy atom. The van der Waals surface area contributed by atoms with E-state index in [4.69, 9.17) is 26.8 Å². The van der Waals surface area contributed by atoms with Crippen molar-refractivity contribution in [2.45, 2.75) is 6.10 Å².